The lowest BCUT2D eigenvalue weighted by Crippen LogP contribution is -2.41. The third kappa shape index (κ3) is 3.77. The molecule has 0 saturated heterocycles. The van der Waals surface area contributed by atoms with Crippen molar-refractivity contribution in [2.75, 3.05) is 4.90 Å². The number of aliphatic hydroxyl groups is 1. The van der Waals surface area contributed by atoms with Gasteiger partial charge in [-0.05, 0) is 45.0 Å². The Balaban J connectivity index is 2.03. The predicted octanol–water partition coefficient (Wildman–Crippen LogP) is 3.95. The van der Waals surface area contributed by atoms with E-state index in [-0.39, 0.29) is 24.9 Å². The molecule has 142 valence electrons. The molecule has 2 aromatic carbocycles. The number of Topliss-reactive ketones (excluding diaryl/α,β-unsaturated/α-hetero) is 1. The number of para-hydroxylation sites is 1. The Morgan fingerprint density at radius 3 is 2.63 bits per heavy atom. The summed E-state index contributed by atoms with van der Waals surface area (Å²) in [7, 11) is 0. The van der Waals surface area contributed by atoms with E-state index in [0.717, 1.165) is 10.0 Å². The zero-order valence-electron chi connectivity index (χ0n) is 15.5. The molecule has 0 bridgehead atoms. The molecule has 2 aromatic rings. The number of hydrogen-bond acceptors (Lipinski definition) is 4. The number of hydrogen-bond donors (Lipinski definition) is 1. The number of benzene rings is 2. The van der Waals surface area contributed by atoms with Gasteiger partial charge in [-0.3, -0.25) is 9.59 Å². The maximum atomic E-state index is 13.1. The van der Waals surface area contributed by atoms with Crippen LogP contribution in [0, 0.1) is 0 Å². The number of rotatable bonds is 6. The Morgan fingerprint density at radius 1 is 1.26 bits per heavy atom. The van der Waals surface area contributed by atoms with Crippen LogP contribution in [0.3, 0.4) is 0 Å². The molecule has 27 heavy (non-hydrogen) atoms. The first kappa shape index (κ1) is 19.6. The Morgan fingerprint density at radius 2 is 1.96 bits per heavy atom. The van der Waals surface area contributed by atoms with Crippen molar-refractivity contribution < 1.29 is 19.4 Å². The zero-order chi connectivity index (χ0) is 19.8. The summed E-state index contributed by atoms with van der Waals surface area (Å²) in [6.07, 6.45) is -0.256. The molecule has 1 amide bonds. The molecule has 1 heterocycles. The summed E-state index contributed by atoms with van der Waals surface area (Å²) in [5, 5.41) is 11.1. The van der Waals surface area contributed by atoms with E-state index in [1.807, 2.05) is 44.2 Å². The van der Waals surface area contributed by atoms with Gasteiger partial charge in [0.05, 0.1) is 18.3 Å². The molecular weight excluding hydrogens is 410 g/mol. The first-order valence-corrected chi connectivity index (χ1v) is 9.60. The van der Waals surface area contributed by atoms with Crippen LogP contribution in [0.25, 0.3) is 0 Å². The maximum Gasteiger partial charge on any atom is 0.264 e. The van der Waals surface area contributed by atoms with Crippen LogP contribution >= 0.6 is 15.9 Å². The fraction of sp³-hybridized carbons (Fsp3) is 0.333. The summed E-state index contributed by atoms with van der Waals surface area (Å²) in [5.41, 5.74) is 0.0323. The molecule has 3 rings (SSSR count). The number of amides is 1. The molecule has 0 aromatic heterocycles. The summed E-state index contributed by atoms with van der Waals surface area (Å²) < 4.78 is 6.59. The van der Waals surface area contributed by atoms with Crippen LogP contribution in [0.1, 0.15) is 38.3 Å². The molecule has 0 fully saturated rings. The van der Waals surface area contributed by atoms with Gasteiger partial charge in [-0.25, -0.2) is 0 Å². The highest BCUT2D eigenvalue weighted by Crippen LogP contribution is 2.44. The lowest BCUT2D eigenvalue weighted by Gasteiger charge is -2.23. The quantitative estimate of drug-likeness (QED) is 0.751. The number of anilines is 1. The van der Waals surface area contributed by atoms with Crippen molar-refractivity contribution >= 4 is 33.3 Å². The van der Waals surface area contributed by atoms with E-state index in [4.69, 9.17) is 4.74 Å². The summed E-state index contributed by atoms with van der Waals surface area (Å²) in [6, 6.07) is 12.8. The van der Waals surface area contributed by atoms with Gasteiger partial charge in [0.15, 0.2) is 5.60 Å². The Labute approximate surface area is 167 Å². The van der Waals surface area contributed by atoms with Crippen molar-refractivity contribution in [2.24, 2.45) is 0 Å². The first-order chi connectivity index (χ1) is 12.7. The number of fused-ring (bicyclic) bond motifs is 1. The van der Waals surface area contributed by atoms with E-state index in [1.165, 1.54) is 11.8 Å². The Hall–Kier alpha value is -2.18. The molecule has 1 aliphatic heterocycles. The van der Waals surface area contributed by atoms with Crippen LogP contribution in [0.2, 0.25) is 0 Å². The van der Waals surface area contributed by atoms with E-state index in [2.05, 4.69) is 15.9 Å². The van der Waals surface area contributed by atoms with E-state index in [9.17, 15) is 14.7 Å². The van der Waals surface area contributed by atoms with Crippen molar-refractivity contribution in [1.82, 2.24) is 0 Å². The minimum atomic E-state index is -1.85. The van der Waals surface area contributed by atoms with Crippen molar-refractivity contribution in [3.63, 3.8) is 0 Å². The zero-order valence-corrected chi connectivity index (χ0v) is 17.1. The number of ketones is 1. The van der Waals surface area contributed by atoms with Crippen molar-refractivity contribution in [2.45, 2.75) is 45.4 Å². The normalized spacial score (nSPS) is 18.7. The van der Waals surface area contributed by atoms with Crippen LogP contribution < -0.4 is 9.64 Å². The van der Waals surface area contributed by atoms with Crippen molar-refractivity contribution in [3.8, 4) is 5.75 Å². The Bertz CT molecular complexity index is 896. The second kappa shape index (κ2) is 7.44. The largest absolute Gasteiger partial charge is 0.491 e. The highest BCUT2D eigenvalue weighted by atomic mass is 79.9. The third-order valence-electron chi connectivity index (χ3n) is 4.46. The SMILES string of the molecule is CC(=O)CC1(O)C(=O)N(Cc2ccccc2OC(C)C)c2ccc(Br)cc21. The molecule has 1 aliphatic rings. The van der Waals surface area contributed by atoms with Crippen LogP contribution in [-0.4, -0.2) is 22.9 Å². The molecule has 1 atom stereocenters. The number of carbonyl (C=O) groups excluding carboxylic acids is 2. The van der Waals surface area contributed by atoms with Gasteiger partial charge in [-0.15, -0.1) is 0 Å². The van der Waals surface area contributed by atoms with Gasteiger partial charge < -0.3 is 14.7 Å². The van der Waals surface area contributed by atoms with E-state index < -0.39 is 11.5 Å². The minimum absolute atomic E-state index is 0.00156. The van der Waals surface area contributed by atoms with E-state index >= 15 is 0 Å². The fourth-order valence-corrected chi connectivity index (χ4v) is 3.75. The summed E-state index contributed by atoms with van der Waals surface area (Å²) in [4.78, 5) is 26.4. The van der Waals surface area contributed by atoms with Gasteiger partial charge in [0, 0.05) is 22.0 Å². The number of nitrogens with zero attached hydrogens (tertiary/aromatic N) is 1. The molecule has 0 radical (unpaired) electrons. The lowest BCUT2D eigenvalue weighted by atomic mass is 9.90. The van der Waals surface area contributed by atoms with Crippen molar-refractivity contribution in [1.29, 1.82) is 0 Å². The molecule has 0 spiro atoms. The number of halogens is 1. The maximum absolute atomic E-state index is 13.1. The highest BCUT2D eigenvalue weighted by Gasteiger charge is 2.50. The molecule has 0 aliphatic carbocycles. The predicted molar refractivity (Wildman–Crippen MR) is 107 cm³/mol. The second-order valence-electron chi connectivity index (χ2n) is 7.07. The van der Waals surface area contributed by atoms with Crippen LogP contribution in [-0.2, 0) is 21.7 Å². The van der Waals surface area contributed by atoms with Gasteiger partial charge in [0.1, 0.15) is 11.5 Å². The van der Waals surface area contributed by atoms with Gasteiger partial charge >= 0.3 is 0 Å². The van der Waals surface area contributed by atoms with Gasteiger partial charge in [0.2, 0.25) is 0 Å². The summed E-state index contributed by atoms with van der Waals surface area (Å²) >= 11 is 3.38. The van der Waals surface area contributed by atoms with Crippen molar-refractivity contribution in [3.05, 3.63) is 58.1 Å². The molecule has 1 N–H and O–H groups in total. The smallest absolute Gasteiger partial charge is 0.264 e. The number of ether oxygens (including phenoxy) is 1. The Kier molecular flexibility index (Phi) is 5.40. The molecule has 0 saturated carbocycles. The summed E-state index contributed by atoms with van der Waals surface area (Å²) in [6.45, 7) is 5.50. The standard InChI is InChI=1S/C21H22BrNO4/c1-13(2)27-19-7-5-4-6-15(19)12-23-18-9-8-16(22)10-17(18)21(26,20(23)25)11-14(3)24/h4-10,13,26H,11-12H2,1-3H3. The van der Waals surface area contributed by atoms with Crippen LogP contribution in [0.15, 0.2) is 46.9 Å². The van der Waals surface area contributed by atoms with Crippen LogP contribution in [0.4, 0.5) is 5.69 Å². The molecule has 1 unspecified atom stereocenters. The van der Waals surface area contributed by atoms with E-state index in [1.54, 1.807) is 12.1 Å². The summed E-state index contributed by atoms with van der Waals surface area (Å²) in [5.74, 6) is -0.0479. The topological polar surface area (TPSA) is 66.8 Å². The van der Waals surface area contributed by atoms with Gasteiger partial charge in [-0.1, -0.05) is 34.1 Å². The van der Waals surface area contributed by atoms with Gasteiger partial charge in [-0.2, -0.15) is 0 Å². The highest BCUT2D eigenvalue weighted by molar-refractivity contribution is 9.10. The van der Waals surface area contributed by atoms with E-state index in [0.29, 0.717) is 17.0 Å². The van der Waals surface area contributed by atoms with Gasteiger partial charge in [0.25, 0.3) is 5.91 Å². The number of carbonyl (C=O) groups is 2. The molecule has 6 heteroatoms. The monoisotopic (exact) mass is 431 g/mol. The second-order valence-corrected chi connectivity index (χ2v) is 7.98. The third-order valence-corrected chi connectivity index (χ3v) is 4.96. The minimum Gasteiger partial charge on any atom is -0.491 e. The molecule has 5 nitrogen and oxygen atoms in total. The average molecular weight is 432 g/mol. The fourth-order valence-electron chi connectivity index (χ4n) is 3.38. The molecular formula is C21H22BrNO4. The first-order valence-electron chi connectivity index (χ1n) is 8.80. The van der Waals surface area contributed by atoms with Crippen LogP contribution in [0.5, 0.6) is 5.75 Å². The lowest BCUT2D eigenvalue weighted by molar-refractivity contribution is -0.141. The average Bonchev–Trinajstić information content (AvgIpc) is 2.77.